The highest BCUT2D eigenvalue weighted by Gasteiger charge is 2.18. The van der Waals surface area contributed by atoms with Gasteiger partial charge in [-0.2, -0.15) is 0 Å². The molecule has 0 aromatic carbocycles. The van der Waals surface area contributed by atoms with E-state index in [-0.39, 0.29) is 18.5 Å². The van der Waals surface area contributed by atoms with Gasteiger partial charge in [0.05, 0.1) is 25.4 Å². The first-order valence-corrected chi connectivity index (χ1v) is 28.1. The van der Waals surface area contributed by atoms with Crippen LogP contribution in [0, 0.1) is 0 Å². The summed E-state index contributed by atoms with van der Waals surface area (Å²) >= 11 is 0. The minimum atomic E-state index is -0.863. The van der Waals surface area contributed by atoms with E-state index < -0.39 is 12.1 Å². The van der Waals surface area contributed by atoms with E-state index in [2.05, 4.69) is 31.3 Å². The van der Waals surface area contributed by atoms with Crippen LogP contribution in [0.4, 0.5) is 0 Å². The third-order valence-electron chi connectivity index (χ3n) is 13.0. The van der Waals surface area contributed by atoms with Gasteiger partial charge in [-0.3, -0.25) is 9.59 Å². The number of rotatable bonds is 52. The summed E-state index contributed by atoms with van der Waals surface area (Å²) in [5, 5.41) is 23.1. The number of aliphatic hydroxyl groups excluding tert-OH is 2. The monoisotopic (exact) mass is 888 g/mol. The van der Waals surface area contributed by atoms with Gasteiger partial charge in [-0.25, -0.2) is 0 Å². The van der Waals surface area contributed by atoms with Gasteiger partial charge in [0.1, 0.15) is 0 Å². The molecule has 0 aliphatic rings. The number of amides is 1. The fraction of sp³-hybridized carbons (Fsp3) is 0.895. The minimum absolute atomic E-state index is 0.0341. The van der Waals surface area contributed by atoms with Gasteiger partial charge >= 0.3 is 5.97 Å². The molecule has 0 saturated carbocycles. The number of hydrogen-bond donors (Lipinski definition) is 3. The van der Waals surface area contributed by atoms with Crippen LogP contribution in [0.25, 0.3) is 0 Å². The van der Waals surface area contributed by atoms with Gasteiger partial charge in [0.15, 0.2) is 0 Å². The quantitative estimate of drug-likeness (QED) is 0.0321. The average molecular weight is 889 g/mol. The lowest BCUT2D eigenvalue weighted by molar-refractivity contribution is -0.143. The Morgan fingerprint density at radius 2 is 0.746 bits per heavy atom. The van der Waals surface area contributed by atoms with Crippen molar-refractivity contribution in [3.05, 3.63) is 24.3 Å². The Kier molecular flexibility index (Phi) is 51.6. The Morgan fingerprint density at radius 3 is 1.13 bits per heavy atom. The predicted molar refractivity (Wildman–Crippen MR) is 273 cm³/mol. The van der Waals surface area contributed by atoms with Gasteiger partial charge in [0.25, 0.3) is 0 Å². The number of carbonyl (C=O) groups excluding carboxylic acids is 2. The van der Waals surface area contributed by atoms with Crippen molar-refractivity contribution >= 4 is 11.9 Å². The first kappa shape index (κ1) is 61.3. The lowest BCUT2D eigenvalue weighted by Crippen LogP contribution is -2.45. The van der Waals surface area contributed by atoms with Gasteiger partial charge in [0.2, 0.25) is 5.91 Å². The van der Waals surface area contributed by atoms with E-state index in [0.29, 0.717) is 19.4 Å². The highest BCUT2D eigenvalue weighted by atomic mass is 16.5. The molecular weight excluding hydrogens is 779 g/mol. The smallest absolute Gasteiger partial charge is 0.305 e. The van der Waals surface area contributed by atoms with Crippen LogP contribution in [0.3, 0.4) is 0 Å². The number of carbonyl (C=O) groups is 2. The van der Waals surface area contributed by atoms with Crippen molar-refractivity contribution in [1.29, 1.82) is 0 Å². The first-order valence-electron chi connectivity index (χ1n) is 28.1. The minimum Gasteiger partial charge on any atom is -0.466 e. The van der Waals surface area contributed by atoms with Crippen LogP contribution in [-0.2, 0) is 14.3 Å². The number of esters is 1. The Labute approximate surface area is 392 Å². The molecule has 6 nitrogen and oxygen atoms in total. The van der Waals surface area contributed by atoms with Gasteiger partial charge in [-0.1, -0.05) is 256 Å². The molecule has 0 aromatic heterocycles. The second-order valence-corrected chi connectivity index (χ2v) is 19.3. The maximum absolute atomic E-state index is 12.5. The maximum atomic E-state index is 12.5. The molecule has 0 radical (unpaired) electrons. The third-order valence-corrected chi connectivity index (χ3v) is 13.0. The van der Waals surface area contributed by atoms with E-state index in [1.165, 1.54) is 218 Å². The van der Waals surface area contributed by atoms with Crippen LogP contribution < -0.4 is 5.32 Å². The second kappa shape index (κ2) is 53.0. The summed E-state index contributed by atoms with van der Waals surface area (Å²) in [7, 11) is 0. The predicted octanol–water partition coefficient (Wildman–Crippen LogP) is 17.1. The normalized spacial score (nSPS) is 12.8. The van der Waals surface area contributed by atoms with Gasteiger partial charge in [-0.05, 0) is 57.8 Å². The maximum Gasteiger partial charge on any atom is 0.305 e. The Hall–Kier alpha value is -1.66. The van der Waals surface area contributed by atoms with Gasteiger partial charge in [-0.15, -0.1) is 0 Å². The highest BCUT2D eigenvalue weighted by molar-refractivity contribution is 5.76. The average Bonchev–Trinajstić information content (AvgIpc) is 3.28. The lowest BCUT2D eigenvalue weighted by atomic mass is 10.0. The van der Waals surface area contributed by atoms with E-state index in [1.54, 1.807) is 6.08 Å². The van der Waals surface area contributed by atoms with Gasteiger partial charge in [0, 0.05) is 12.8 Å². The van der Waals surface area contributed by atoms with Crippen LogP contribution >= 0.6 is 0 Å². The van der Waals surface area contributed by atoms with Gasteiger partial charge < -0.3 is 20.3 Å². The number of nitrogens with one attached hydrogen (secondary N) is 1. The molecule has 63 heavy (non-hydrogen) atoms. The summed E-state index contributed by atoms with van der Waals surface area (Å²) in [4.78, 5) is 24.5. The Morgan fingerprint density at radius 1 is 0.429 bits per heavy atom. The van der Waals surface area contributed by atoms with E-state index in [1.807, 2.05) is 6.08 Å². The number of ether oxygens (including phenoxy) is 1. The molecule has 6 heteroatoms. The number of allylic oxidation sites excluding steroid dienone is 3. The molecular formula is C57H109NO5. The molecule has 0 bridgehead atoms. The summed E-state index contributed by atoms with van der Waals surface area (Å²) in [6.07, 6.45) is 63.3. The van der Waals surface area contributed by atoms with Crippen molar-refractivity contribution < 1.29 is 24.5 Å². The van der Waals surface area contributed by atoms with Crippen LogP contribution in [0.5, 0.6) is 0 Å². The van der Waals surface area contributed by atoms with Crippen LogP contribution in [0.2, 0.25) is 0 Å². The van der Waals surface area contributed by atoms with Crippen LogP contribution in [0.1, 0.15) is 303 Å². The SMILES string of the molecule is CCCCCCCCC/C=C\CCCCCCCC(=O)OCCCCCCCCCCCC(=O)NC(CO)C(O)/C=C/CCCCCCCCCCCCCCCCCCCCC. The van der Waals surface area contributed by atoms with E-state index in [9.17, 15) is 19.8 Å². The molecule has 372 valence electrons. The van der Waals surface area contributed by atoms with Crippen molar-refractivity contribution in [2.24, 2.45) is 0 Å². The van der Waals surface area contributed by atoms with E-state index >= 15 is 0 Å². The fourth-order valence-corrected chi connectivity index (χ4v) is 8.63. The van der Waals surface area contributed by atoms with Crippen molar-refractivity contribution in [1.82, 2.24) is 5.32 Å². The second-order valence-electron chi connectivity index (χ2n) is 19.3. The van der Waals surface area contributed by atoms with Crippen LogP contribution in [-0.4, -0.2) is 47.4 Å². The molecule has 0 fully saturated rings. The largest absolute Gasteiger partial charge is 0.466 e. The molecule has 0 spiro atoms. The summed E-state index contributed by atoms with van der Waals surface area (Å²) < 4.78 is 5.45. The summed E-state index contributed by atoms with van der Waals surface area (Å²) in [6.45, 7) is 4.85. The number of unbranched alkanes of at least 4 members (excludes halogenated alkanes) is 39. The van der Waals surface area contributed by atoms with Crippen molar-refractivity contribution in [3.8, 4) is 0 Å². The van der Waals surface area contributed by atoms with E-state index in [0.717, 1.165) is 57.8 Å². The topological polar surface area (TPSA) is 95.9 Å². The van der Waals surface area contributed by atoms with Crippen molar-refractivity contribution in [3.63, 3.8) is 0 Å². The first-order chi connectivity index (χ1) is 31.0. The van der Waals surface area contributed by atoms with Crippen molar-refractivity contribution in [2.75, 3.05) is 13.2 Å². The lowest BCUT2D eigenvalue weighted by Gasteiger charge is -2.20. The van der Waals surface area contributed by atoms with Crippen LogP contribution in [0.15, 0.2) is 24.3 Å². The highest BCUT2D eigenvalue weighted by Crippen LogP contribution is 2.16. The zero-order valence-electron chi connectivity index (χ0n) is 42.3. The molecule has 2 atom stereocenters. The summed E-state index contributed by atoms with van der Waals surface area (Å²) in [5.41, 5.74) is 0. The summed E-state index contributed by atoms with van der Waals surface area (Å²) in [5.74, 6) is -0.128. The molecule has 1 amide bonds. The Bertz CT molecular complexity index is 982. The molecule has 0 aliphatic carbocycles. The summed E-state index contributed by atoms with van der Waals surface area (Å²) in [6, 6.07) is -0.649. The zero-order valence-corrected chi connectivity index (χ0v) is 42.3. The number of hydrogen-bond acceptors (Lipinski definition) is 5. The zero-order chi connectivity index (χ0) is 45.8. The molecule has 0 rings (SSSR count). The number of aliphatic hydroxyl groups is 2. The molecule has 0 aromatic rings. The standard InChI is InChI=1S/C57H109NO5/c1-3-5-7-9-11-13-15-17-19-21-22-23-24-25-26-28-30-33-37-41-45-49-55(60)54(53-59)58-56(61)50-46-42-38-34-32-36-40-44-48-52-63-57(62)51-47-43-39-35-31-29-27-20-18-16-14-12-10-8-6-4-2/h20,27,45,49,54-55,59-60H,3-19,21-26,28-44,46-48,50-53H2,1-2H3,(H,58,61)/b27-20-,49-45+. The molecule has 2 unspecified atom stereocenters. The molecule has 0 saturated heterocycles. The molecule has 0 aliphatic heterocycles. The third kappa shape index (κ3) is 49.6. The van der Waals surface area contributed by atoms with E-state index in [4.69, 9.17) is 4.74 Å². The Balaban J connectivity index is 3.52. The molecule has 3 N–H and O–H groups in total. The molecule has 0 heterocycles. The van der Waals surface area contributed by atoms with Crippen molar-refractivity contribution in [2.45, 2.75) is 315 Å². The fourth-order valence-electron chi connectivity index (χ4n) is 8.63.